The zero-order valence-corrected chi connectivity index (χ0v) is 18.1. The molecule has 4 rings (SSSR count). The van der Waals surface area contributed by atoms with E-state index >= 15 is 0 Å². The van der Waals surface area contributed by atoms with Crippen molar-refractivity contribution >= 4 is 20.9 Å². The molecule has 5 nitrogen and oxygen atoms in total. The summed E-state index contributed by atoms with van der Waals surface area (Å²) >= 11 is 0. The van der Waals surface area contributed by atoms with Gasteiger partial charge in [-0.15, -0.1) is 0 Å². The summed E-state index contributed by atoms with van der Waals surface area (Å²) in [5.74, 6) is -0.161. The third-order valence-electron chi connectivity index (χ3n) is 5.66. The summed E-state index contributed by atoms with van der Waals surface area (Å²) in [4.78, 5) is 4.54. The Hall–Kier alpha value is -2.96. The Morgan fingerprint density at radius 1 is 1.03 bits per heavy atom. The van der Waals surface area contributed by atoms with Crippen molar-refractivity contribution in [3.8, 4) is 0 Å². The number of para-hydroxylation sites is 1. The van der Waals surface area contributed by atoms with Crippen LogP contribution in [0.3, 0.4) is 0 Å². The van der Waals surface area contributed by atoms with Gasteiger partial charge >= 0.3 is 0 Å². The Morgan fingerprint density at radius 3 is 2.57 bits per heavy atom. The molecule has 6 heteroatoms. The van der Waals surface area contributed by atoms with Crippen LogP contribution in [-0.4, -0.2) is 24.5 Å². The first-order valence-corrected chi connectivity index (χ1v) is 11.4. The summed E-state index contributed by atoms with van der Waals surface area (Å²) in [6.45, 7) is 4.13. The molecule has 4 aromatic rings. The third kappa shape index (κ3) is 3.88. The second-order valence-electron chi connectivity index (χ2n) is 7.65. The first-order valence-electron chi connectivity index (χ1n) is 9.87. The van der Waals surface area contributed by atoms with Crippen molar-refractivity contribution in [3.63, 3.8) is 0 Å². The number of fused-ring (bicyclic) bond motifs is 1. The predicted octanol–water partition coefficient (Wildman–Crippen LogP) is 4.30. The summed E-state index contributed by atoms with van der Waals surface area (Å²) in [5.41, 5.74) is 5.17. The lowest BCUT2D eigenvalue weighted by molar-refractivity contribution is 0.577. The fourth-order valence-electron chi connectivity index (χ4n) is 3.80. The quantitative estimate of drug-likeness (QED) is 0.507. The van der Waals surface area contributed by atoms with Crippen molar-refractivity contribution in [2.24, 2.45) is 7.05 Å². The summed E-state index contributed by atoms with van der Waals surface area (Å²) in [7, 11) is -1.63. The fraction of sp³-hybridized carbons (Fsp3) is 0.208. The van der Waals surface area contributed by atoms with Gasteiger partial charge in [-0.1, -0.05) is 30.3 Å². The van der Waals surface area contributed by atoms with Gasteiger partial charge in [0.2, 0.25) is 10.0 Å². The largest absolute Gasteiger partial charge is 0.350 e. The predicted molar refractivity (Wildman–Crippen MR) is 120 cm³/mol. The van der Waals surface area contributed by atoms with Gasteiger partial charge in [0.15, 0.2) is 0 Å². The van der Waals surface area contributed by atoms with Gasteiger partial charge in [0, 0.05) is 49.0 Å². The summed E-state index contributed by atoms with van der Waals surface area (Å²) in [6.07, 6.45) is 5.60. The SMILES string of the molecule is Cc1ccc(S(=O)(=O)NC[C@@H](c2cccnc2)c2cn(C)c3ccccc23)cc1C. The van der Waals surface area contributed by atoms with E-state index in [2.05, 4.69) is 32.6 Å². The smallest absolute Gasteiger partial charge is 0.240 e. The molecule has 0 amide bonds. The molecule has 2 heterocycles. The second-order valence-corrected chi connectivity index (χ2v) is 9.42. The topological polar surface area (TPSA) is 64.0 Å². The van der Waals surface area contributed by atoms with Gasteiger partial charge in [0.25, 0.3) is 0 Å². The summed E-state index contributed by atoms with van der Waals surface area (Å²) in [5, 5.41) is 1.11. The number of hydrogen-bond acceptors (Lipinski definition) is 3. The number of benzene rings is 2. The Balaban J connectivity index is 1.72. The molecule has 0 saturated carbocycles. The van der Waals surface area contributed by atoms with Crippen molar-refractivity contribution in [1.82, 2.24) is 14.3 Å². The highest BCUT2D eigenvalue weighted by molar-refractivity contribution is 7.89. The number of pyridine rings is 1. The average Bonchev–Trinajstić information content (AvgIpc) is 3.07. The van der Waals surface area contributed by atoms with Crippen molar-refractivity contribution in [3.05, 3.63) is 95.4 Å². The van der Waals surface area contributed by atoms with E-state index in [1.54, 1.807) is 24.5 Å². The molecule has 0 aliphatic rings. The number of aryl methyl sites for hydroxylation is 3. The minimum atomic E-state index is -3.63. The maximum atomic E-state index is 13.0. The molecule has 2 aromatic carbocycles. The van der Waals surface area contributed by atoms with Crippen molar-refractivity contribution in [1.29, 1.82) is 0 Å². The Labute approximate surface area is 177 Å². The van der Waals surface area contributed by atoms with Gasteiger partial charge in [0.05, 0.1) is 4.90 Å². The van der Waals surface area contributed by atoms with E-state index < -0.39 is 10.0 Å². The molecule has 30 heavy (non-hydrogen) atoms. The zero-order valence-electron chi connectivity index (χ0n) is 17.3. The molecule has 0 bridgehead atoms. The van der Waals surface area contributed by atoms with Crippen LogP contribution in [0.25, 0.3) is 10.9 Å². The maximum absolute atomic E-state index is 13.0. The van der Waals surface area contributed by atoms with E-state index in [0.717, 1.165) is 33.2 Å². The van der Waals surface area contributed by atoms with Crippen LogP contribution in [0, 0.1) is 13.8 Å². The van der Waals surface area contributed by atoms with Gasteiger partial charge in [-0.25, -0.2) is 13.1 Å². The van der Waals surface area contributed by atoms with Crippen LogP contribution in [0.2, 0.25) is 0 Å². The number of nitrogens with zero attached hydrogens (tertiary/aromatic N) is 2. The third-order valence-corrected chi connectivity index (χ3v) is 7.08. The number of sulfonamides is 1. The Kier molecular flexibility index (Phi) is 5.45. The second kappa shape index (κ2) is 8.05. The van der Waals surface area contributed by atoms with Crippen LogP contribution >= 0.6 is 0 Å². The molecule has 0 spiro atoms. The van der Waals surface area contributed by atoms with Crippen LogP contribution in [0.15, 0.2) is 78.1 Å². The van der Waals surface area contributed by atoms with Crippen LogP contribution in [0.4, 0.5) is 0 Å². The van der Waals surface area contributed by atoms with E-state index in [1.807, 2.05) is 51.2 Å². The van der Waals surface area contributed by atoms with E-state index in [4.69, 9.17) is 0 Å². The zero-order chi connectivity index (χ0) is 21.3. The van der Waals surface area contributed by atoms with Gasteiger partial charge in [-0.2, -0.15) is 0 Å². The number of rotatable bonds is 6. The first-order chi connectivity index (χ1) is 14.4. The lowest BCUT2D eigenvalue weighted by atomic mass is 9.92. The minimum absolute atomic E-state index is 0.161. The molecular formula is C24H25N3O2S. The molecule has 1 atom stereocenters. The van der Waals surface area contributed by atoms with E-state index in [9.17, 15) is 8.42 Å². The molecule has 0 saturated heterocycles. The molecule has 2 aromatic heterocycles. The highest BCUT2D eigenvalue weighted by atomic mass is 32.2. The van der Waals surface area contributed by atoms with Gasteiger partial charge in [-0.3, -0.25) is 4.98 Å². The molecule has 0 fully saturated rings. The number of nitrogens with one attached hydrogen (secondary N) is 1. The fourth-order valence-corrected chi connectivity index (χ4v) is 4.93. The van der Waals surface area contributed by atoms with Gasteiger partial charge in [-0.05, 0) is 60.4 Å². The van der Waals surface area contributed by atoms with Crippen LogP contribution in [0.5, 0.6) is 0 Å². The Morgan fingerprint density at radius 2 is 1.83 bits per heavy atom. The molecule has 0 aliphatic heterocycles. The van der Waals surface area contributed by atoms with E-state index in [-0.39, 0.29) is 17.4 Å². The number of hydrogen-bond donors (Lipinski definition) is 1. The van der Waals surface area contributed by atoms with Gasteiger partial charge in [0.1, 0.15) is 0 Å². The van der Waals surface area contributed by atoms with Crippen molar-refractivity contribution < 1.29 is 8.42 Å². The number of aromatic nitrogens is 2. The maximum Gasteiger partial charge on any atom is 0.240 e. The minimum Gasteiger partial charge on any atom is -0.350 e. The summed E-state index contributed by atoms with van der Waals surface area (Å²) in [6, 6.07) is 17.2. The highest BCUT2D eigenvalue weighted by Gasteiger charge is 2.23. The molecule has 0 radical (unpaired) electrons. The first kappa shape index (κ1) is 20.3. The monoisotopic (exact) mass is 419 g/mol. The van der Waals surface area contributed by atoms with Gasteiger partial charge < -0.3 is 4.57 Å². The molecule has 0 aliphatic carbocycles. The highest BCUT2D eigenvalue weighted by Crippen LogP contribution is 2.31. The van der Waals surface area contributed by atoms with Crippen LogP contribution in [0.1, 0.15) is 28.2 Å². The van der Waals surface area contributed by atoms with Crippen LogP contribution in [-0.2, 0) is 17.1 Å². The Bertz CT molecular complexity index is 1290. The molecular weight excluding hydrogens is 394 g/mol. The van der Waals surface area contributed by atoms with E-state index in [0.29, 0.717) is 0 Å². The van der Waals surface area contributed by atoms with Crippen molar-refractivity contribution in [2.45, 2.75) is 24.7 Å². The molecule has 154 valence electrons. The standard InChI is InChI=1S/C24H25N3O2S/c1-17-10-11-20(13-18(17)2)30(28,29)26-15-22(19-7-6-12-25-14-19)23-16-27(3)24-9-5-4-8-21(23)24/h4-14,16,22,26H,15H2,1-3H3/t22-/m0/s1. The normalized spacial score (nSPS) is 12.9. The average molecular weight is 420 g/mol. The van der Waals surface area contributed by atoms with Crippen molar-refractivity contribution in [2.75, 3.05) is 6.54 Å². The lowest BCUT2D eigenvalue weighted by Crippen LogP contribution is -2.29. The summed E-state index contributed by atoms with van der Waals surface area (Å²) < 4.78 is 30.9. The van der Waals surface area contributed by atoms with E-state index in [1.165, 1.54) is 0 Å². The van der Waals surface area contributed by atoms with Crippen LogP contribution < -0.4 is 4.72 Å². The lowest BCUT2D eigenvalue weighted by Gasteiger charge is -2.18. The molecule has 0 unspecified atom stereocenters. The molecule has 1 N–H and O–H groups in total.